The molecule has 0 aliphatic heterocycles. The zero-order valence-electron chi connectivity index (χ0n) is 6.60. The molecule has 1 heteroatoms. The van der Waals surface area contributed by atoms with Crippen molar-refractivity contribution in [1.82, 2.24) is 0 Å². The first kappa shape index (κ1) is 7.80. The van der Waals surface area contributed by atoms with Crippen LogP contribution in [0.2, 0.25) is 0 Å². The Morgan fingerprint density at radius 3 is 2.80 bits per heavy atom. The van der Waals surface area contributed by atoms with E-state index in [0.717, 1.165) is 6.54 Å². The molecule has 0 spiro atoms. The lowest BCUT2D eigenvalue weighted by atomic mass is 10.0. The van der Waals surface area contributed by atoms with Crippen LogP contribution >= 0.6 is 0 Å². The van der Waals surface area contributed by atoms with E-state index in [1.807, 2.05) is 0 Å². The van der Waals surface area contributed by atoms with E-state index in [0.29, 0.717) is 0 Å². The minimum absolute atomic E-state index is 0.778. The third-order valence-electron chi connectivity index (χ3n) is 2.15. The zero-order valence-corrected chi connectivity index (χ0v) is 6.60. The summed E-state index contributed by atoms with van der Waals surface area (Å²) in [5.74, 6) is 0. The monoisotopic (exact) mass is 139 g/mol. The smallest absolute Gasteiger partial charge is 0.0136 e. The van der Waals surface area contributed by atoms with Crippen molar-refractivity contribution in [3.8, 4) is 0 Å². The van der Waals surface area contributed by atoms with Gasteiger partial charge in [0.1, 0.15) is 0 Å². The summed E-state index contributed by atoms with van der Waals surface area (Å²) in [5.41, 5.74) is 7.03. The Bertz CT molecular complexity index is 116. The summed E-state index contributed by atoms with van der Waals surface area (Å²) < 4.78 is 0. The SMILES string of the molecule is NCC1=CCCCCCC1. The molecule has 0 bridgehead atoms. The van der Waals surface area contributed by atoms with Crippen molar-refractivity contribution in [2.45, 2.75) is 38.5 Å². The molecule has 0 fully saturated rings. The molecule has 0 aromatic carbocycles. The van der Waals surface area contributed by atoms with Crippen LogP contribution in [0.3, 0.4) is 0 Å². The topological polar surface area (TPSA) is 26.0 Å². The molecular weight excluding hydrogens is 122 g/mol. The predicted molar refractivity (Wildman–Crippen MR) is 44.8 cm³/mol. The third-order valence-corrected chi connectivity index (χ3v) is 2.15. The Morgan fingerprint density at radius 1 is 1.20 bits per heavy atom. The van der Waals surface area contributed by atoms with Crippen molar-refractivity contribution in [2.24, 2.45) is 5.73 Å². The van der Waals surface area contributed by atoms with Gasteiger partial charge in [-0.25, -0.2) is 0 Å². The second-order valence-electron chi connectivity index (χ2n) is 3.02. The molecule has 1 aliphatic rings. The lowest BCUT2D eigenvalue weighted by molar-refractivity contribution is 0.621. The predicted octanol–water partition coefficient (Wildman–Crippen LogP) is 2.23. The van der Waals surface area contributed by atoms with E-state index in [9.17, 15) is 0 Å². The minimum Gasteiger partial charge on any atom is -0.327 e. The van der Waals surface area contributed by atoms with Gasteiger partial charge in [0.2, 0.25) is 0 Å². The first-order chi connectivity index (χ1) is 4.93. The van der Waals surface area contributed by atoms with Crippen molar-refractivity contribution in [3.05, 3.63) is 11.6 Å². The summed E-state index contributed by atoms with van der Waals surface area (Å²) >= 11 is 0. The van der Waals surface area contributed by atoms with Crippen LogP contribution in [0.25, 0.3) is 0 Å². The maximum atomic E-state index is 5.56. The number of rotatable bonds is 1. The number of nitrogens with two attached hydrogens (primary N) is 1. The molecule has 2 N–H and O–H groups in total. The first-order valence-corrected chi connectivity index (χ1v) is 4.31. The zero-order chi connectivity index (χ0) is 7.23. The Labute approximate surface area is 63.3 Å². The summed E-state index contributed by atoms with van der Waals surface area (Å²) in [7, 11) is 0. The molecule has 1 rings (SSSR count). The molecule has 0 amide bonds. The molecular formula is C9H17N. The van der Waals surface area contributed by atoms with Gasteiger partial charge in [-0.15, -0.1) is 0 Å². The van der Waals surface area contributed by atoms with E-state index in [1.165, 1.54) is 44.1 Å². The molecule has 0 atom stereocenters. The highest BCUT2D eigenvalue weighted by molar-refractivity contribution is 5.03. The summed E-state index contributed by atoms with van der Waals surface area (Å²) in [4.78, 5) is 0. The first-order valence-electron chi connectivity index (χ1n) is 4.31. The maximum Gasteiger partial charge on any atom is 0.0136 e. The summed E-state index contributed by atoms with van der Waals surface area (Å²) in [6.07, 6.45) is 10.4. The van der Waals surface area contributed by atoms with Crippen molar-refractivity contribution >= 4 is 0 Å². The molecule has 0 saturated heterocycles. The van der Waals surface area contributed by atoms with E-state index in [4.69, 9.17) is 5.73 Å². The minimum atomic E-state index is 0.778. The van der Waals surface area contributed by atoms with Gasteiger partial charge < -0.3 is 5.73 Å². The van der Waals surface area contributed by atoms with Gasteiger partial charge in [-0.05, 0) is 25.7 Å². The molecule has 1 aliphatic carbocycles. The largest absolute Gasteiger partial charge is 0.327 e. The number of allylic oxidation sites excluding steroid dienone is 1. The van der Waals surface area contributed by atoms with Crippen LogP contribution in [0.15, 0.2) is 11.6 Å². The van der Waals surface area contributed by atoms with Gasteiger partial charge in [0.25, 0.3) is 0 Å². The molecule has 0 aromatic rings. The Hall–Kier alpha value is -0.300. The van der Waals surface area contributed by atoms with Crippen molar-refractivity contribution in [3.63, 3.8) is 0 Å². The fourth-order valence-electron chi connectivity index (χ4n) is 1.44. The van der Waals surface area contributed by atoms with E-state index in [-0.39, 0.29) is 0 Å². The number of hydrogen-bond donors (Lipinski definition) is 1. The summed E-state index contributed by atoms with van der Waals surface area (Å²) in [6.45, 7) is 0.778. The van der Waals surface area contributed by atoms with Crippen molar-refractivity contribution in [1.29, 1.82) is 0 Å². The fourth-order valence-corrected chi connectivity index (χ4v) is 1.44. The molecule has 0 unspecified atom stereocenters. The average molecular weight is 139 g/mol. The highest BCUT2D eigenvalue weighted by Gasteiger charge is 1.98. The van der Waals surface area contributed by atoms with Crippen LogP contribution in [0.1, 0.15) is 38.5 Å². The maximum absolute atomic E-state index is 5.56. The van der Waals surface area contributed by atoms with Gasteiger partial charge in [-0.3, -0.25) is 0 Å². The molecule has 10 heavy (non-hydrogen) atoms. The quantitative estimate of drug-likeness (QED) is 0.554. The van der Waals surface area contributed by atoms with Gasteiger partial charge >= 0.3 is 0 Å². The van der Waals surface area contributed by atoms with Gasteiger partial charge in [-0.1, -0.05) is 24.5 Å². The van der Waals surface area contributed by atoms with Crippen LogP contribution in [-0.2, 0) is 0 Å². The van der Waals surface area contributed by atoms with Crippen LogP contribution in [-0.4, -0.2) is 6.54 Å². The van der Waals surface area contributed by atoms with Gasteiger partial charge in [0.05, 0.1) is 0 Å². The van der Waals surface area contributed by atoms with Crippen LogP contribution < -0.4 is 5.73 Å². The highest BCUT2D eigenvalue weighted by atomic mass is 14.5. The second-order valence-corrected chi connectivity index (χ2v) is 3.02. The molecule has 0 aromatic heterocycles. The second kappa shape index (κ2) is 4.51. The molecule has 1 nitrogen and oxygen atoms in total. The lowest BCUT2D eigenvalue weighted by Gasteiger charge is -2.08. The lowest BCUT2D eigenvalue weighted by Crippen LogP contribution is -2.04. The average Bonchev–Trinajstić information content (AvgIpc) is 1.87. The van der Waals surface area contributed by atoms with E-state index >= 15 is 0 Å². The van der Waals surface area contributed by atoms with Crippen molar-refractivity contribution < 1.29 is 0 Å². The van der Waals surface area contributed by atoms with Crippen molar-refractivity contribution in [2.75, 3.05) is 6.54 Å². The summed E-state index contributed by atoms with van der Waals surface area (Å²) in [5, 5.41) is 0. The van der Waals surface area contributed by atoms with Crippen LogP contribution in [0.4, 0.5) is 0 Å². The van der Waals surface area contributed by atoms with E-state index < -0.39 is 0 Å². The summed E-state index contributed by atoms with van der Waals surface area (Å²) in [6, 6.07) is 0. The number of hydrogen-bond acceptors (Lipinski definition) is 1. The standard InChI is InChI=1S/C9H17N/c10-8-9-6-4-2-1-3-5-7-9/h6H,1-5,7-8,10H2. The van der Waals surface area contributed by atoms with Gasteiger partial charge in [0, 0.05) is 6.54 Å². The Morgan fingerprint density at radius 2 is 2.00 bits per heavy atom. The van der Waals surface area contributed by atoms with Crippen LogP contribution in [0, 0.1) is 0 Å². The molecule has 0 saturated carbocycles. The van der Waals surface area contributed by atoms with Gasteiger partial charge in [0.15, 0.2) is 0 Å². The van der Waals surface area contributed by atoms with Gasteiger partial charge in [-0.2, -0.15) is 0 Å². The van der Waals surface area contributed by atoms with Crippen LogP contribution in [0.5, 0.6) is 0 Å². The Kier molecular flexibility index (Phi) is 3.52. The third kappa shape index (κ3) is 2.53. The highest BCUT2D eigenvalue weighted by Crippen LogP contribution is 2.15. The Balaban J connectivity index is 2.35. The molecule has 0 heterocycles. The molecule has 58 valence electrons. The fraction of sp³-hybridized carbons (Fsp3) is 0.778. The normalized spacial score (nSPS) is 21.1. The van der Waals surface area contributed by atoms with E-state index in [2.05, 4.69) is 6.08 Å². The van der Waals surface area contributed by atoms with E-state index in [1.54, 1.807) is 0 Å². The molecule has 0 radical (unpaired) electrons.